The molecule has 1 aliphatic carbocycles. The average Bonchev–Trinajstić information content (AvgIpc) is 2.75. The molecule has 3 heteroatoms. The summed E-state index contributed by atoms with van der Waals surface area (Å²) in [4.78, 5) is 0. The Hall–Kier alpha value is -2.00. The molecule has 0 atom stereocenters. The molecule has 2 aromatic carbocycles. The maximum absolute atomic E-state index is 14.9. The van der Waals surface area contributed by atoms with E-state index in [0.29, 0.717) is 18.1 Å². The standard InChI is InChI=1S/C27H34F2O/c1-3-5-6-16-30-19-21-10-14-23(15-11-21)27-25(28)17-24(18-26(27)29)22-12-8-20(7-4-2)9-13-22/h4,7,10-11,14-15,17-18,20,22H,3,5-6,8-9,12-13,16,19H2,1-2H3/b7-4-/t20-,22-. The molecule has 0 aliphatic heterocycles. The summed E-state index contributed by atoms with van der Waals surface area (Å²) in [5.41, 5.74) is 2.45. The highest BCUT2D eigenvalue weighted by Crippen LogP contribution is 2.38. The van der Waals surface area contributed by atoms with Gasteiger partial charge in [-0.05, 0) is 79.7 Å². The van der Waals surface area contributed by atoms with Crippen molar-refractivity contribution in [2.75, 3.05) is 6.61 Å². The molecule has 3 rings (SSSR count). The number of unbranched alkanes of at least 4 members (excludes halogenated alkanes) is 2. The Morgan fingerprint density at radius 3 is 2.23 bits per heavy atom. The zero-order chi connectivity index (χ0) is 21.3. The molecule has 162 valence electrons. The van der Waals surface area contributed by atoms with Gasteiger partial charge in [0, 0.05) is 6.61 Å². The smallest absolute Gasteiger partial charge is 0.134 e. The van der Waals surface area contributed by atoms with Crippen molar-refractivity contribution in [3.8, 4) is 11.1 Å². The van der Waals surface area contributed by atoms with Gasteiger partial charge in [0.1, 0.15) is 11.6 Å². The normalized spacial score (nSPS) is 19.5. The summed E-state index contributed by atoms with van der Waals surface area (Å²) in [6.07, 6.45) is 11.9. The number of rotatable bonds is 9. The minimum absolute atomic E-state index is 0.0665. The quantitative estimate of drug-likeness (QED) is 0.298. The van der Waals surface area contributed by atoms with Crippen LogP contribution in [0.5, 0.6) is 0 Å². The van der Waals surface area contributed by atoms with Crippen LogP contribution in [-0.2, 0) is 11.3 Å². The van der Waals surface area contributed by atoms with E-state index in [2.05, 4.69) is 19.1 Å². The molecule has 0 spiro atoms. The van der Waals surface area contributed by atoms with E-state index in [0.717, 1.165) is 49.8 Å². The van der Waals surface area contributed by atoms with Crippen molar-refractivity contribution >= 4 is 0 Å². The third-order valence-electron chi connectivity index (χ3n) is 6.18. The van der Waals surface area contributed by atoms with Crippen molar-refractivity contribution in [1.29, 1.82) is 0 Å². The number of ether oxygens (including phenoxy) is 1. The summed E-state index contributed by atoms with van der Waals surface area (Å²) in [6.45, 7) is 5.49. The Kier molecular flexibility index (Phi) is 8.62. The van der Waals surface area contributed by atoms with E-state index in [4.69, 9.17) is 4.74 Å². The first-order chi connectivity index (χ1) is 14.6. The van der Waals surface area contributed by atoms with Crippen LogP contribution >= 0.6 is 0 Å². The number of benzene rings is 2. The highest BCUT2D eigenvalue weighted by molar-refractivity contribution is 5.65. The third-order valence-corrected chi connectivity index (χ3v) is 6.18. The average molecular weight is 413 g/mol. The maximum Gasteiger partial charge on any atom is 0.134 e. The lowest BCUT2D eigenvalue weighted by molar-refractivity contribution is 0.117. The predicted octanol–water partition coefficient (Wildman–Crippen LogP) is 8.19. The van der Waals surface area contributed by atoms with Crippen molar-refractivity contribution in [2.24, 2.45) is 5.92 Å². The van der Waals surface area contributed by atoms with Crippen molar-refractivity contribution in [1.82, 2.24) is 0 Å². The zero-order valence-corrected chi connectivity index (χ0v) is 18.3. The van der Waals surface area contributed by atoms with Crippen LogP contribution in [0.4, 0.5) is 8.78 Å². The molecule has 1 nitrogen and oxygen atoms in total. The molecule has 30 heavy (non-hydrogen) atoms. The SMILES string of the molecule is C/C=C\[C@H]1CC[C@H](c2cc(F)c(-c3ccc(COCCCCC)cc3)c(F)c2)CC1. The minimum atomic E-state index is -0.468. The van der Waals surface area contributed by atoms with Crippen molar-refractivity contribution < 1.29 is 13.5 Å². The Labute approximate surface area is 180 Å². The second-order valence-electron chi connectivity index (χ2n) is 8.45. The summed E-state index contributed by atoms with van der Waals surface area (Å²) in [7, 11) is 0. The van der Waals surface area contributed by atoms with Crippen LogP contribution in [-0.4, -0.2) is 6.61 Å². The predicted molar refractivity (Wildman–Crippen MR) is 120 cm³/mol. The second-order valence-corrected chi connectivity index (χ2v) is 8.45. The van der Waals surface area contributed by atoms with Crippen molar-refractivity contribution in [3.63, 3.8) is 0 Å². The molecule has 0 aromatic heterocycles. The van der Waals surface area contributed by atoms with Gasteiger partial charge in [-0.1, -0.05) is 56.2 Å². The Balaban J connectivity index is 1.65. The first-order valence-corrected chi connectivity index (χ1v) is 11.4. The molecule has 2 aromatic rings. The third kappa shape index (κ3) is 6.01. The van der Waals surface area contributed by atoms with Gasteiger partial charge in [-0.25, -0.2) is 8.78 Å². The van der Waals surface area contributed by atoms with Crippen molar-refractivity contribution in [3.05, 3.63) is 71.3 Å². The van der Waals surface area contributed by atoms with Gasteiger partial charge in [0.2, 0.25) is 0 Å². The van der Waals surface area contributed by atoms with E-state index in [1.54, 1.807) is 24.3 Å². The first-order valence-electron chi connectivity index (χ1n) is 11.4. The van der Waals surface area contributed by atoms with Crippen LogP contribution in [0.15, 0.2) is 48.6 Å². The molecule has 1 aliphatic rings. The summed E-state index contributed by atoms with van der Waals surface area (Å²) < 4.78 is 35.5. The highest BCUT2D eigenvalue weighted by atomic mass is 19.1. The van der Waals surface area contributed by atoms with Crippen LogP contribution in [0, 0.1) is 17.6 Å². The Morgan fingerprint density at radius 2 is 1.63 bits per heavy atom. The molecular weight excluding hydrogens is 378 g/mol. The van der Waals surface area contributed by atoms with Gasteiger partial charge in [0.05, 0.1) is 12.2 Å². The topological polar surface area (TPSA) is 9.23 Å². The van der Waals surface area contributed by atoms with Gasteiger partial charge in [0.25, 0.3) is 0 Å². The molecule has 0 N–H and O–H groups in total. The van der Waals surface area contributed by atoms with E-state index in [1.807, 2.05) is 19.1 Å². The van der Waals surface area contributed by atoms with Gasteiger partial charge >= 0.3 is 0 Å². The molecule has 0 radical (unpaired) electrons. The lowest BCUT2D eigenvalue weighted by Crippen LogP contribution is -2.12. The summed E-state index contributed by atoms with van der Waals surface area (Å²) >= 11 is 0. The lowest BCUT2D eigenvalue weighted by Gasteiger charge is -2.27. The fourth-order valence-corrected chi connectivity index (χ4v) is 4.43. The number of hydrogen-bond acceptors (Lipinski definition) is 1. The van der Waals surface area contributed by atoms with E-state index in [1.165, 1.54) is 12.8 Å². The molecule has 1 fully saturated rings. The molecule has 0 bridgehead atoms. The van der Waals surface area contributed by atoms with Gasteiger partial charge in [-0.2, -0.15) is 0 Å². The van der Waals surface area contributed by atoms with Crippen LogP contribution in [0.1, 0.15) is 75.8 Å². The Bertz CT molecular complexity index is 794. The van der Waals surface area contributed by atoms with Gasteiger partial charge in [-0.15, -0.1) is 0 Å². The monoisotopic (exact) mass is 412 g/mol. The van der Waals surface area contributed by atoms with E-state index in [-0.39, 0.29) is 11.5 Å². The van der Waals surface area contributed by atoms with Gasteiger partial charge in [0.15, 0.2) is 0 Å². The fourth-order valence-electron chi connectivity index (χ4n) is 4.43. The fraction of sp³-hybridized carbons (Fsp3) is 0.481. The van der Waals surface area contributed by atoms with Crippen LogP contribution in [0.25, 0.3) is 11.1 Å². The lowest BCUT2D eigenvalue weighted by atomic mass is 9.78. The summed E-state index contributed by atoms with van der Waals surface area (Å²) in [6, 6.07) is 10.4. The van der Waals surface area contributed by atoms with E-state index < -0.39 is 11.6 Å². The minimum Gasteiger partial charge on any atom is -0.377 e. The van der Waals surface area contributed by atoms with Crippen LogP contribution < -0.4 is 0 Å². The van der Waals surface area contributed by atoms with Gasteiger partial charge in [-0.3, -0.25) is 0 Å². The maximum atomic E-state index is 14.9. The molecule has 0 unspecified atom stereocenters. The Morgan fingerprint density at radius 1 is 0.967 bits per heavy atom. The molecule has 1 saturated carbocycles. The number of hydrogen-bond donors (Lipinski definition) is 0. The number of allylic oxidation sites excluding steroid dienone is 2. The second kappa shape index (κ2) is 11.4. The van der Waals surface area contributed by atoms with E-state index in [9.17, 15) is 8.78 Å². The molecule has 0 amide bonds. The molecule has 0 saturated heterocycles. The summed E-state index contributed by atoms with van der Waals surface area (Å²) in [5.74, 6) is -0.0839. The largest absolute Gasteiger partial charge is 0.377 e. The summed E-state index contributed by atoms with van der Waals surface area (Å²) in [5, 5.41) is 0. The molecule has 0 heterocycles. The van der Waals surface area contributed by atoms with E-state index >= 15 is 0 Å². The van der Waals surface area contributed by atoms with Gasteiger partial charge < -0.3 is 4.74 Å². The number of halogens is 2. The highest BCUT2D eigenvalue weighted by Gasteiger charge is 2.23. The van der Waals surface area contributed by atoms with Crippen LogP contribution in [0.3, 0.4) is 0 Å². The van der Waals surface area contributed by atoms with Crippen LogP contribution in [0.2, 0.25) is 0 Å². The molecular formula is C27H34F2O. The van der Waals surface area contributed by atoms with Crippen molar-refractivity contribution in [2.45, 2.75) is 71.3 Å². The zero-order valence-electron chi connectivity index (χ0n) is 18.3. The first kappa shape index (κ1) is 22.7.